The molecule has 0 aliphatic heterocycles. The van der Waals surface area contributed by atoms with Crippen molar-refractivity contribution in [1.29, 1.82) is 0 Å². The van der Waals surface area contributed by atoms with Crippen LogP contribution in [0.15, 0.2) is 11.8 Å². The Morgan fingerprint density at radius 2 is 1.59 bits per heavy atom. The van der Waals surface area contributed by atoms with Gasteiger partial charge in [0.25, 0.3) is 0 Å². The topological polar surface area (TPSA) is 37.3 Å². The average molecular weight is 244 g/mol. The molecule has 0 amide bonds. The van der Waals surface area contributed by atoms with Gasteiger partial charge in [-0.05, 0) is 19.3 Å². The standard InChI is InChI=1S/C14H25FO2/c1-6-14(7-2,8-3)12(17)9-11(16)13(4,5)10-15/h9,17H,6-8,10H2,1-5H3/b12-9-. The van der Waals surface area contributed by atoms with E-state index in [-0.39, 0.29) is 17.0 Å². The van der Waals surface area contributed by atoms with E-state index in [1.165, 1.54) is 6.08 Å². The summed E-state index contributed by atoms with van der Waals surface area (Å²) in [5.41, 5.74) is -1.39. The van der Waals surface area contributed by atoms with E-state index in [2.05, 4.69) is 0 Å². The molecule has 0 atom stereocenters. The molecule has 0 unspecified atom stereocenters. The third-order valence-corrected chi connectivity index (χ3v) is 3.84. The lowest BCUT2D eigenvalue weighted by molar-refractivity contribution is -0.123. The molecule has 2 nitrogen and oxygen atoms in total. The van der Waals surface area contributed by atoms with Crippen LogP contribution < -0.4 is 0 Å². The number of aliphatic hydroxyl groups excluding tert-OH is 1. The molecule has 1 N–H and O–H groups in total. The monoisotopic (exact) mass is 244 g/mol. The third-order valence-electron chi connectivity index (χ3n) is 3.84. The molecule has 0 heterocycles. The number of allylic oxidation sites excluding steroid dienone is 2. The fourth-order valence-electron chi connectivity index (χ4n) is 1.83. The molecular formula is C14H25FO2. The summed E-state index contributed by atoms with van der Waals surface area (Å²) < 4.78 is 12.7. The Morgan fingerprint density at radius 3 is 1.88 bits per heavy atom. The molecule has 0 aliphatic rings. The van der Waals surface area contributed by atoms with Gasteiger partial charge in [-0.3, -0.25) is 9.18 Å². The summed E-state index contributed by atoms with van der Waals surface area (Å²) >= 11 is 0. The first-order chi connectivity index (χ1) is 7.79. The molecule has 0 aliphatic carbocycles. The molecule has 0 spiro atoms. The first-order valence-corrected chi connectivity index (χ1v) is 6.31. The number of hydrogen-bond acceptors (Lipinski definition) is 2. The molecule has 100 valence electrons. The first-order valence-electron chi connectivity index (χ1n) is 6.31. The predicted molar refractivity (Wildman–Crippen MR) is 68.8 cm³/mol. The second-order valence-electron chi connectivity index (χ2n) is 5.25. The summed E-state index contributed by atoms with van der Waals surface area (Å²) in [4.78, 5) is 11.8. The van der Waals surface area contributed by atoms with Crippen molar-refractivity contribution < 1.29 is 14.3 Å². The highest BCUT2D eigenvalue weighted by Gasteiger charge is 2.32. The molecule has 0 aromatic heterocycles. The summed E-state index contributed by atoms with van der Waals surface area (Å²) in [5.74, 6) is -0.256. The Labute approximate surface area is 104 Å². The van der Waals surface area contributed by atoms with Crippen LogP contribution in [0.25, 0.3) is 0 Å². The van der Waals surface area contributed by atoms with Crippen LogP contribution in [0.5, 0.6) is 0 Å². The minimum atomic E-state index is -1.05. The minimum absolute atomic E-state index is 0.0940. The Bertz CT molecular complexity index is 280. The maximum Gasteiger partial charge on any atom is 0.167 e. The Morgan fingerprint density at radius 1 is 1.18 bits per heavy atom. The van der Waals surface area contributed by atoms with Gasteiger partial charge in [0.05, 0.1) is 5.41 Å². The Kier molecular flexibility index (Phi) is 5.86. The summed E-state index contributed by atoms with van der Waals surface area (Å²) in [6.45, 7) is 8.34. The number of ketones is 1. The average Bonchev–Trinajstić information content (AvgIpc) is 2.32. The lowest BCUT2D eigenvalue weighted by Crippen LogP contribution is -2.27. The van der Waals surface area contributed by atoms with E-state index in [9.17, 15) is 14.3 Å². The van der Waals surface area contributed by atoms with E-state index < -0.39 is 12.1 Å². The van der Waals surface area contributed by atoms with Crippen molar-refractivity contribution in [2.75, 3.05) is 6.67 Å². The number of aliphatic hydroxyl groups is 1. The van der Waals surface area contributed by atoms with Crippen LogP contribution in [0, 0.1) is 10.8 Å². The van der Waals surface area contributed by atoms with Crippen LogP contribution >= 0.6 is 0 Å². The lowest BCUT2D eigenvalue weighted by atomic mass is 9.76. The molecule has 0 bridgehead atoms. The van der Waals surface area contributed by atoms with Gasteiger partial charge < -0.3 is 5.11 Å². The van der Waals surface area contributed by atoms with Gasteiger partial charge in [0, 0.05) is 11.5 Å². The quantitative estimate of drug-likeness (QED) is 0.538. The fraction of sp³-hybridized carbons (Fsp3) is 0.786. The van der Waals surface area contributed by atoms with E-state index in [0.29, 0.717) is 0 Å². The zero-order valence-corrected chi connectivity index (χ0v) is 11.6. The van der Waals surface area contributed by atoms with Gasteiger partial charge in [0.15, 0.2) is 5.78 Å². The number of carbonyl (C=O) groups excluding carboxylic acids is 1. The molecule has 0 aromatic rings. The highest BCUT2D eigenvalue weighted by molar-refractivity contribution is 5.94. The Hall–Kier alpha value is -0.860. The molecule has 0 radical (unpaired) electrons. The second kappa shape index (κ2) is 6.18. The van der Waals surface area contributed by atoms with Crippen LogP contribution in [0.4, 0.5) is 4.39 Å². The van der Waals surface area contributed by atoms with E-state index in [1.807, 2.05) is 20.8 Å². The normalized spacial score (nSPS) is 13.9. The van der Waals surface area contributed by atoms with Gasteiger partial charge in [-0.1, -0.05) is 34.6 Å². The number of rotatable bonds is 7. The van der Waals surface area contributed by atoms with E-state index in [1.54, 1.807) is 13.8 Å². The van der Waals surface area contributed by atoms with Gasteiger partial charge >= 0.3 is 0 Å². The molecule has 3 heteroatoms. The van der Waals surface area contributed by atoms with Crippen molar-refractivity contribution in [3.05, 3.63) is 11.8 Å². The van der Waals surface area contributed by atoms with Crippen LogP contribution in [0.2, 0.25) is 0 Å². The summed E-state index contributed by atoms with van der Waals surface area (Å²) in [6, 6.07) is 0. The SMILES string of the molecule is CCC(CC)(CC)/C(O)=C/C(=O)C(C)(C)CF. The van der Waals surface area contributed by atoms with E-state index in [4.69, 9.17) is 0 Å². The van der Waals surface area contributed by atoms with E-state index in [0.717, 1.165) is 19.3 Å². The number of alkyl halides is 1. The number of hydrogen-bond donors (Lipinski definition) is 1. The van der Waals surface area contributed by atoms with Gasteiger partial charge in [0.2, 0.25) is 0 Å². The van der Waals surface area contributed by atoms with Crippen molar-refractivity contribution in [2.45, 2.75) is 53.9 Å². The van der Waals surface area contributed by atoms with Crippen LogP contribution in [0.1, 0.15) is 53.9 Å². The summed E-state index contributed by atoms with van der Waals surface area (Å²) in [7, 11) is 0. The van der Waals surface area contributed by atoms with Crippen LogP contribution in [0.3, 0.4) is 0 Å². The molecule has 0 rings (SSSR count). The molecular weight excluding hydrogens is 219 g/mol. The molecule has 17 heavy (non-hydrogen) atoms. The van der Waals surface area contributed by atoms with E-state index >= 15 is 0 Å². The zero-order chi connectivity index (χ0) is 13.7. The largest absolute Gasteiger partial charge is 0.512 e. The van der Waals surface area contributed by atoms with Crippen molar-refractivity contribution in [3.63, 3.8) is 0 Å². The minimum Gasteiger partial charge on any atom is -0.512 e. The molecule has 0 saturated heterocycles. The molecule has 0 aromatic carbocycles. The summed E-state index contributed by atoms with van der Waals surface area (Å²) in [6.07, 6.45) is 3.53. The van der Waals surface area contributed by atoms with Gasteiger partial charge in [-0.2, -0.15) is 0 Å². The van der Waals surface area contributed by atoms with Gasteiger partial charge in [-0.15, -0.1) is 0 Å². The van der Waals surface area contributed by atoms with Crippen molar-refractivity contribution in [1.82, 2.24) is 0 Å². The number of halogens is 1. The zero-order valence-electron chi connectivity index (χ0n) is 11.6. The lowest BCUT2D eigenvalue weighted by Gasteiger charge is -2.30. The van der Waals surface area contributed by atoms with Crippen LogP contribution in [-0.4, -0.2) is 17.6 Å². The summed E-state index contributed by atoms with van der Waals surface area (Å²) in [5, 5.41) is 10.1. The highest BCUT2D eigenvalue weighted by Crippen LogP contribution is 2.37. The maximum absolute atomic E-state index is 12.7. The molecule has 0 saturated carbocycles. The number of carbonyl (C=O) groups is 1. The maximum atomic E-state index is 12.7. The third kappa shape index (κ3) is 3.55. The van der Waals surface area contributed by atoms with Gasteiger partial charge in [0.1, 0.15) is 12.4 Å². The fourth-order valence-corrected chi connectivity index (χ4v) is 1.83. The highest BCUT2D eigenvalue weighted by atomic mass is 19.1. The van der Waals surface area contributed by atoms with Crippen molar-refractivity contribution >= 4 is 5.78 Å². The predicted octanol–water partition coefficient (Wildman–Crippen LogP) is 4.21. The Balaban J connectivity index is 5.15. The van der Waals surface area contributed by atoms with Crippen molar-refractivity contribution in [2.24, 2.45) is 10.8 Å². The van der Waals surface area contributed by atoms with Crippen molar-refractivity contribution in [3.8, 4) is 0 Å². The smallest absolute Gasteiger partial charge is 0.167 e. The second-order valence-corrected chi connectivity index (χ2v) is 5.25. The van der Waals surface area contributed by atoms with Gasteiger partial charge in [-0.25, -0.2) is 0 Å². The molecule has 0 fully saturated rings. The van der Waals surface area contributed by atoms with Crippen LogP contribution in [-0.2, 0) is 4.79 Å². The first kappa shape index (κ1) is 16.1.